The van der Waals surface area contributed by atoms with Crippen molar-refractivity contribution in [1.82, 2.24) is 0 Å². The van der Waals surface area contributed by atoms with Crippen LogP contribution in [0.25, 0.3) is 0 Å². The molecule has 0 fully saturated rings. The van der Waals surface area contributed by atoms with E-state index in [1.807, 2.05) is 0 Å². The summed E-state index contributed by atoms with van der Waals surface area (Å²) in [7, 11) is 2.66. The van der Waals surface area contributed by atoms with E-state index in [4.69, 9.17) is 13.3 Å². The molecule has 1 atom stereocenters. The van der Waals surface area contributed by atoms with Crippen molar-refractivity contribution in [2.24, 2.45) is 0 Å². The van der Waals surface area contributed by atoms with E-state index >= 15 is 0 Å². The number of halogens is 1. The molecule has 0 N–H and O–H groups in total. The molecule has 0 radical (unpaired) electrons. The van der Waals surface area contributed by atoms with E-state index in [1.165, 1.54) is 0 Å². The highest BCUT2D eigenvalue weighted by Crippen LogP contribution is 2.19. The van der Waals surface area contributed by atoms with Crippen LogP contribution in [0.4, 0.5) is 0 Å². The molecule has 0 heterocycles. The lowest BCUT2D eigenvalue weighted by atomic mass is 10.4. The molecule has 0 aliphatic rings. The van der Waals surface area contributed by atoms with Crippen molar-refractivity contribution in [2.45, 2.75) is 23.3 Å². The van der Waals surface area contributed by atoms with E-state index < -0.39 is 8.80 Å². The topological polar surface area (TPSA) is 27.7 Å². The molecule has 0 saturated heterocycles. The van der Waals surface area contributed by atoms with Gasteiger partial charge < -0.3 is 13.3 Å². The standard InChI is InChI=1S/C7H17IO3Si/c1-7(8)5-6-12(9-2,10-3)11-4/h7H,5-6H2,1-4H3. The number of alkyl halides is 1. The predicted molar refractivity (Wildman–Crippen MR) is 59.7 cm³/mol. The van der Waals surface area contributed by atoms with Crippen molar-refractivity contribution in [3.63, 3.8) is 0 Å². The average molecular weight is 304 g/mol. The Labute approximate surface area is 89.3 Å². The van der Waals surface area contributed by atoms with E-state index in [1.54, 1.807) is 21.3 Å². The molecule has 0 aromatic rings. The van der Waals surface area contributed by atoms with Gasteiger partial charge in [-0.2, -0.15) is 0 Å². The fourth-order valence-electron chi connectivity index (χ4n) is 0.932. The maximum absolute atomic E-state index is 5.28. The SMILES string of the molecule is CO[Si](CCC(C)I)(OC)OC. The van der Waals surface area contributed by atoms with Gasteiger partial charge in [0.2, 0.25) is 0 Å². The number of hydrogen-bond donors (Lipinski definition) is 0. The first kappa shape index (κ1) is 12.8. The second kappa shape index (κ2) is 6.31. The minimum absolute atomic E-state index is 0.634. The van der Waals surface area contributed by atoms with Crippen LogP contribution in [0.3, 0.4) is 0 Å². The van der Waals surface area contributed by atoms with Crippen molar-refractivity contribution >= 4 is 31.4 Å². The Kier molecular flexibility index (Phi) is 6.74. The van der Waals surface area contributed by atoms with Crippen molar-refractivity contribution in [1.29, 1.82) is 0 Å². The van der Waals surface area contributed by atoms with Gasteiger partial charge in [-0.15, -0.1) is 0 Å². The van der Waals surface area contributed by atoms with E-state index in [0.717, 1.165) is 12.5 Å². The van der Waals surface area contributed by atoms with E-state index in [-0.39, 0.29) is 0 Å². The molecule has 0 aromatic heterocycles. The zero-order valence-electron chi connectivity index (χ0n) is 8.09. The van der Waals surface area contributed by atoms with E-state index in [9.17, 15) is 0 Å². The molecule has 5 heteroatoms. The molecule has 3 nitrogen and oxygen atoms in total. The van der Waals surface area contributed by atoms with Crippen molar-refractivity contribution < 1.29 is 13.3 Å². The van der Waals surface area contributed by atoms with Crippen molar-refractivity contribution in [2.75, 3.05) is 21.3 Å². The van der Waals surface area contributed by atoms with Crippen LogP contribution in [0.1, 0.15) is 13.3 Å². The summed E-state index contributed by atoms with van der Waals surface area (Å²) in [6, 6.07) is 0.889. The normalized spacial score (nSPS) is 14.8. The minimum Gasteiger partial charge on any atom is -0.377 e. The minimum atomic E-state index is -2.28. The highest BCUT2D eigenvalue weighted by molar-refractivity contribution is 14.1. The third kappa shape index (κ3) is 4.17. The van der Waals surface area contributed by atoms with Crippen LogP contribution in [-0.2, 0) is 13.3 Å². The monoisotopic (exact) mass is 304 g/mol. The first-order valence-electron chi connectivity index (χ1n) is 3.89. The number of rotatable bonds is 6. The molecule has 0 rings (SSSR count). The Morgan fingerprint density at radius 3 is 1.83 bits per heavy atom. The molecule has 12 heavy (non-hydrogen) atoms. The van der Waals surface area contributed by atoms with Crippen LogP contribution in [-0.4, -0.2) is 34.1 Å². The van der Waals surface area contributed by atoms with Crippen LogP contribution in [0.15, 0.2) is 0 Å². The summed E-state index contributed by atoms with van der Waals surface area (Å²) in [5, 5.41) is 0. The second-order valence-corrected chi connectivity index (χ2v) is 7.83. The summed E-state index contributed by atoms with van der Waals surface area (Å²) < 4.78 is 16.5. The summed E-state index contributed by atoms with van der Waals surface area (Å²) >= 11 is 2.39. The first-order chi connectivity index (χ1) is 5.60. The van der Waals surface area contributed by atoms with Crippen LogP contribution in [0.5, 0.6) is 0 Å². The van der Waals surface area contributed by atoms with Gasteiger partial charge in [-0.1, -0.05) is 29.5 Å². The Morgan fingerprint density at radius 2 is 1.58 bits per heavy atom. The molecule has 0 saturated carbocycles. The highest BCUT2D eigenvalue weighted by atomic mass is 127. The van der Waals surface area contributed by atoms with Crippen molar-refractivity contribution in [3.05, 3.63) is 0 Å². The Morgan fingerprint density at radius 1 is 1.17 bits per heavy atom. The maximum Gasteiger partial charge on any atom is 0.500 e. The maximum atomic E-state index is 5.28. The summed E-state index contributed by atoms with van der Waals surface area (Å²) in [6.45, 7) is 2.17. The second-order valence-electron chi connectivity index (χ2n) is 2.61. The summed E-state index contributed by atoms with van der Waals surface area (Å²) in [5.41, 5.74) is 0. The van der Waals surface area contributed by atoms with Gasteiger partial charge in [0.1, 0.15) is 0 Å². The fraction of sp³-hybridized carbons (Fsp3) is 1.00. The molecular formula is C7H17IO3Si. The quantitative estimate of drug-likeness (QED) is 0.427. The lowest BCUT2D eigenvalue weighted by Gasteiger charge is -2.24. The highest BCUT2D eigenvalue weighted by Gasteiger charge is 2.37. The van der Waals surface area contributed by atoms with Gasteiger partial charge >= 0.3 is 8.80 Å². The fourth-order valence-corrected chi connectivity index (χ4v) is 3.73. The van der Waals surface area contributed by atoms with Gasteiger partial charge in [0.05, 0.1) is 0 Å². The molecule has 1 unspecified atom stereocenters. The molecule has 0 aliphatic carbocycles. The predicted octanol–water partition coefficient (Wildman–Crippen LogP) is 2.08. The lowest BCUT2D eigenvalue weighted by Crippen LogP contribution is -2.42. The largest absolute Gasteiger partial charge is 0.500 e. The van der Waals surface area contributed by atoms with Crippen LogP contribution in [0, 0.1) is 0 Å². The molecule has 0 aromatic carbocycles. The first-order valence-corrected chi connectivity index (χ1v) is 7.07. The third-order valence-corrected chi connectivity index (χ3v) is 5.17. The van der Waals surface area contributed by atoms with Gasteiger partial charge in [-0.05, 0) is 6.42 Å². The molecule has 74 valence electrons. The van der Waals surface area contributed by atoms with Gasteiger partial charge in [-0.25, -0.2) is 0 Å². The van der Waals surface area contributed by atoms with Gasteiger partial charge in [-0.3, -0.25) is 0 Å². The Hall–Kier alpha value is 0.827. The molecule has 0 amide bonds. The smallest absolute Gasteiger partial charge is 0.377 e. The summed E-state index contributed by atoms with van der Waals surface area (Å²) in [4.78, 5) is 0. The Bertz CT molecular complexity index is 109. The zero-order valence-corrected chi connectivity index (χ0v) is 11.3. The summed E-state index contributed by atoms with van der Waals surface area (Å²) in [5.74, 6) is 0. The van der Waals surface area contributed by atoms with E-state index in [0.29, 0.717) is 3.92 Å². The molecule has 0 aliphatic heterocycles. The van der Waals surface area contributed by atoms with Gasteiger partial charge in [0.25, 0.3) is 0 Å². The Balaban J connectivity index is 3.93. The molecular weight excluding hydrogens is 287 g/mol. The van der Waals surface area contributed by atoms with Gasteiger partial charge in [0, 0.05) is 31.3 Å². The average Bonchev–Trinajstić information content (AvgIpc) is 2.08. The van der Waals surface area contributed by atoms with Crippen LogP contribution >= 0.6 is 22.6 Å². The van der Waals surface area contributed by atoms with Crippen molar-refractivity contribution in [3.8, 4) is 0 Å². The summed E-state index contributed by atoms with van der Waals surface area (Å²) in [6.07, 6.45) is 1.07. The molecule has 0 spiro atoms. The van der Waals surface area contributed by atoms with Crippen LogP contribution in [0.2, 0.25) is 6.04 Å². The zero-order chi connectivity index (χ0) is 9.61. The number of hydrogen-bond acceptors (Lipinski definition) is 3. The van der Waals surface area contributed by atoms with Crippen LogP contribution < -0.4 is 0 Å². The third-order valence-electron chi connectivity index (χ3n) is 1.78. The lowest BCUT2D eigenvalue weighted by molar-refractivity contribution is 0.123. The molecule has 0 bridgehead atoms. The van der Waals surface area contributed by atoms with E-state index in [2.05, 4.69) is 29.5 Å². The van der Waals surface area contributed by atoms with Gasteiger partial charge in [0.15, 0.2) is 0 Å².